The number of nitrogens with zero attached hydrogens (tertiary/aromatic N) is 4. The number of pyridine rings is 1. The van der Waals surface area contributed by atoms with Gasteiger partial charge >= 0.3 is 12.1 Å². The molecule has 0 spiro atoms. The molecule has 1 saturated heterocycles. The van der Waals surface area contributed by atoms with Gasteiger partial charge in [0.25, 0.3) is 0 Å². The van der Waals surface area contributed by atoms with E-state index in [1.807, 2.05) is 62.2 Å². The Kier molecular flexibility index (Phi) is 5.37. The lowest BCUT2D eigenvalue weighted by atomic mass is 10.0. The number of aromatic nitrogens is 1. The molecule has 1 aromatic heterocycles. The first-order valence-corrected chi connectivity index (χ1v) is 10.4. The summed E-state index contributed by atoms with van der Waals surface area (Å²) >= 11 is 0. The van der Waals surface area contributed by atoms with Crippen LogP contribution < -0.4 is 9.80 Å². The summed E-state index contributed by atoms with van der Waals surface area (Å²) in [6, 6.07) is 11.5. The number of anilines is 2. The molecule has 1 aromatic carbocycles. The maximum Gasteiger partial charge on any atom is 0.414 e. The Labute approximate surface area is 177 Å². The zero-order valence-electron chi connectivity index (χ0n) is 17.7. The molecule has 158 valence electrons. The number of carbonyl (C=O) groups is 2. The highest BCUT2D eigenvalue weighted by Gasteiger charge is 2.36. The maximum atomic E-state index is 13.3. The zero-order valence-corrected chi connectivity index (χ0v) is 17.7. The lowest BCUT2D eigenvalue weighted by molar-refractivity contribution is 0.0579. The maximum absolute atomic E-state index is 13.3. The number of hydrogen-bond donors (Lipinski definition) is 0. The second-order valence-corrected chi connectivity index (χ2v) is 8.77. The van der Waals surface area contributed by atoms with Gasteiger partial charge in [0.2, 0.25) is 0 Å². The molecule has 3 amide bonds. The average Bonchev–Trinajstić information content (AvgIpc) is 3.22. The van der Waals surface area contributed by atoms with E-state index in [2.05, 4.69) is 11.1 Å². The van der Waals surface area contributed by atoms with E-state index in [1.54, 1.807) is 16.0 Å². The summed E-state index contributed by atoms with van der Waals surface area (Å²) in [5, 5.41) is 0. The molecule has 3 heterocycles. The third-order valence-electron chi connectivity index (χ3n) is 5.47. The second kappa shape index (κ2) is 7.97. The van der Waals surface area contributed by atoms with Crippen molar-refractivity contribution in [2.24, 2.45) is 0 Å². The van der Waals surface area contributed by atoms with Gasteiger partial charge in [-0.1, -0.05) is 18.2 Å². The SMILES string of the molecule is CC(C)(C)OC(=O)N1CCN(C(=O)N2CCC(c3cccnc3)C2)c2ccccc21. The number of rotatable bonds is 1. The molecule has 1 unspecified atom stereocenters. The van der Waals surface area contributed by atoms with Crippen LogP contribution in [-0.4, -0.2) is 53.8 Å². The molecule has 2 aromatic rings. The number of hydrogen-bond acceptors (Lipinski definition) is 4. The molecule has 7 heteroatoms. The van der Waals surface area contributed by atoms with Gasteiger partial charge in [0.05, 0.1) is 11.4 Å². The Balaban J connectivity index is 1.51. The Morgan fingerprint density at radius 2 is 1.70 bits per heavy atom. The molecule has 0 aliphatic carbocycles. The van der Waals surface area contributed by atoms with Gasteiger partial charge in [-0.25, -0.2) is 9.59 Å². The number of ether oxygens (including phenoxy) is 1. The molecule has 30 heavy (non-hydrogen) atoms. The monoisotopic (exact) mass is 408 g/mol. The van der Waals surface area contributed by atoms with E-state index in [9.17, 15) is 9.59 Å². The predicted octanol–water partition coefficient (Wildman–Crippen LogP) is 4.25. The van der Waals surface area contributed by atoms with Gasteiger partial charge in [-0.3, -0.25) is 14.8 Å². The second-order valence-electron chi connectivity index (χ2n) is 8.77. The van der Waals surface area contributed by atoms with Crippen molar-refractivity contribution in [3.8, 4) is 0 Å². The molecule has 1 fully saturated rings. The Bertz CT molecular complexity index is 926. The quantitative estimate of drug-likeness (QED) is 0.707. The molecule has 0 N–H and O–H groups in total. The zero-order chi connectivity index (χ0) is 21.3. The van der Waals surface area contributed by atoms with Crippen LogP contribution in [0.5, 0.6) is 0 Å². The topological polar surface area (TPSA) is 66.0 Å². The Morgan fingerprint density at radius 1 is 1.00 bits per heavy atom. The van der Waals surface area contributed by atoms with E-state index in [1.165, 1.54) is 5.56 Å². The summed E-state index contributed by atoms with van der Waals surface area (Å²) < 4.78 is 5.56. The predicted molar refractivity (Wildman–Crippen MR) is 116 cm³/mol. The third-order valence-corrected chi connectivity index (χ3v) is 5.47. The first-order chi connectivity index (χ1) is 14.3. The van der Waals surface area contributed by atoms with Crippen molar-refractivity contribution < 1.29 is 14.3 Å². The molecule has 0 bridgehead atoms. The number of fused-ring (bicyclic) bond motifs is 1. The smallest absolute Gasteiger partial charge is 0.414 e. The molecule has 1 atom stereocenters. The van der Waals surface area contributed by atoms with Gasteiger partial charge in [-0.2, -0.15) is 0 Å². The van der Waals surface area contributed by atoms with Crippen LogP contribution >= 0.6 is 0 Å². The van der Waals surface area contributed by atoms with E-state index in [0.29, 0.717) is 37.8 Å². The van der Waals surface area contributed by atoms with E-state index < -0.39 is 5.60 Å². The minimum absolute atomic E-state index is 0.0160. The van der Waals surface area contributed by atoms with Crippen molar-refractivity contribution in [1.82, 2.24) is 9.88 Å². The van der Waals surface area contributed by atoms with Crippen molar-refractivity contribution in [3.05, 3.63) is 54.4 Å². The summed E-state index contributed by atoms with van der Waals surface area (Å²) in [6.07, 6.45) is 4.19. The van der Waals surface area contributed by atoms with Crippen LogP contribution in [0.3, 0.4) is 0 Å². The van der Waals surface area contributed by atoms with Crippen LogP contribution in [0.4, 0.5) is 21.0 Å². The standard InChI is InChI=1S/C23H28N4O3/c1-23(2,3)30-22(29)27-14-13-26(19-8-4-5-9-20(19)27)21(28)25-12-10-18(16-25)17-7-6-11-24-15-17/h4-9,11,15,18H,10,12-14,16H2,1-3H3. The largest absolute Gasteiger partial charge is 0.443 e. The van der Waals surface area contributed by atoms with Crippen LogP contribution in [0.25, 0.3) is 0 Å². The van der Waals surface area contributed by atoms with E-state index in [4.69, 9.17) is 4.74 Å². The number of urea groups is 1. The van der Waals surface area contributed by atoms with Crippen LogP contribution in [0.15, 0.2) is 48.8 Å². The van der Waals surface area contributed by atoms with E-state index >= 15 is 0 Å². The highest BCUT2D eigenvalue weighted by Crippen LogP contribution is 2.36. The minimum atomic E-state index is -0.574. The van der Waals surface area contributed by atoms with Gasteiger partial charge in [0.1, 0.15) is 5.60 Å². The molecule has 7 nitrogen and oxygen atoms in total. The fourth-order valence-electron chi connectivity index (χ4n) is 4.06. The molecule has 0 radical (unpaired) electrons. The normalized spacial score (nSPS) is 18.9. The lowest BCUT2D eigenvalue weighted by Crippen LogP contribution is -2.51. The van der Waals surface area contributed by atoms with Crippen molar-refractivity contribution in [3.63, 3.8) is 0 Å². The van der Waals surface area contributed by atoms with E-state index in [0.717, 1.165) is 12.1 Å². The fourth-order valence-corrected chi connectivity index (χ4v) is 4.06. The van der Waals surface area contributed by atoms with Gasteiger partial charge in [-0.15, -0.1) is 0 Å². The van der Waals surface area contributed by atoms with E-state index in [-0.39, 0.29) is 12.1 Å². The Morgan fingerprint density at radius 3 is 2.37 bits per heavy atom. The van der Waals surface area contributed by atoms with Crippen molar-refractivity contribution >= 4 is 23.5 Å². The molecule has 2 aliphatic rings. The van der Waals surface area contributed by atoms with Crippen LogP contribution in [0.2, 0.25) is 0 Å². The number of para-hydroxylation sites is 2. The first kappa shape index (κ1) is 20.2. The molecular formula is C23H28N4O3. The summed E-state index contributed by atoms with van der Waals surface area (Å²) in [7, 11) is 0. The van der Waals surface area contributed by atoms with Gasteiger partial charge in [-0.05, 0) is 51.0 Å². The van der Waals surface area contributed by atoms with Crippen molar-refractivity contribution in [2.75, 3.05) is 36.0 Å². The first-order valence-electron chi connectivity index (χ1n) is 10.4. The number of carbonyl (C=O) groups excluding carboxylic acids is 2. The lowest BCUT2D eigenvalue weighted by Gasteiger charge is -2.38. The summed E-state index contributed by atoms with van der Waals surface area (Å²) in [4.78, 5) is 35.5. The molecule has 2 aliphatic heterocycles. The highest BCUT2D eigenvalue weighted by atomic mass is 16.6. The average molecular weight is 409 g/mol. The van der Waals surface area contributed by atoms with Crippen molar-refractivity contribution in [2.45, 2.75) is 38.7 Å². The molecular weight excluding hydrogens is 380 g/mol. The third kappa shape index (κ3) is 4.10. The Hall–Kier alpha value is -3.09. The molecule has 4 rings (SSSR count). The van der Waals surface area contributed by atoms with Crippen molar-refractivity contribution in [1.29, 1.82) is 0 Å². The van der Waals surface area contributed by atoms with Gasteiger partial charge < -0.3 is 9.64 Å². The fraction of sp³-hybridized carbons (Fsp3) is 0.435. The summed E-state index contributed by atoms with van der Waals surface area (Å²) in [5.74, 6) is 0.306. The summed E-state index contributed by atoms with van der Waals surface area (Å²) in [5.41, 5.74) is 2.04. The highest BCUT2D eigenvalue weighted by molar-refractivity contribution is 6.01. The van der Waals surface area contributed by atoms with Crippen LogP contribution in [-0.2, 0) is 4.74 Å². The van der Waals surface area contributed by atoms with Gasteiger partial charge in [0.15, 0.2) is 0 Å². The van der Waals surface area contributed by atoms with Crippen LogP contribution in [0, 0.1) is 0 Å². The number of amides is 3. The number of benzene rings is 1. The molecule has 0 saturated carbocycles. The van der Waals surface area contributed by atoms with Crippen LogP contribution in [0.1, 0.15) is 38.7 Å². The summed E-state index contributed by atoms with van der Waals surface area (Å²) in [6.45, 7) is 7.78. The number of likely N-dealkylation sites (tertiary alicyclic amines) is 1. The minimum Gasteiger partial charge on any atom is -0.443 e. The van der Waals surface area contributed by atoms with Gasteiger partial charge in [0, 0.05) is 44.5 Å².